The van der Waals surface area contributed by atoms with Crippen molar-refractivity contribution in [3.8, 4) is 0 Å². The molecule has 0 aliphatic carbocycles. The molecule has 8 heavy (non-hydrogen) atoms. The summed E-state index contributed by atoms with van der Waals surface area (Å²) in [6, 6.07) is 0. The van der Waals surface area contributed by atoms with Gasteiger partial charge >= 0.3 is 0 Å². The van der Waals surface area contributed by atoms with E-state index in [9.17, 15) is 0 Å². The molecule has 1 aliphatic rings. The van der Waals surface area contributed by atoms with Gasteiger partial charge in [0.05, 0.1) is 20.7 Å². The highest BCUT2D eigenvalue weighted by Gasteiger charge is 2.24. The van der Waals surface area contributed by atoms with Gasteiger partial charge in [-0.2, -0.15) is 0 Å². The second kappa shape index (κ2) is 3.67. The summed E-state index contributed by atoms with van der Waals surface area (Å²) >= 11 is 0. The molecule has 0 nitrogen and oxygen atoms in total. The maximum atomic E-state index is 2.26. The predicted octanol–water partition coefficient (Wildman–Crippen LogP) is 2.07. The minimum atomic E-state index is 0.789. The Bertz CT molecular complexity index is 57.5. The number of hydrogen-bond donors (Lipinski definition) is 0. The molecule has 0 aromatic carbocycles. The van der Waals surface area contributed by atoms with Gasteiger partial charge < -0.3 is 0 Å². The second-order valence-electron chi connectivity index (χ2n) is 1.96. The molecule has 1 rings (SSSR count). The summed E-state index contributed by atoms with van der Waals surface area (Å²) in [7, 11) is 2.96. The van der Waals surface area contributed by atoms with Gasteiger partial charge in [0.15, 0.2) is 0 Å². The van der Waals surface area contributed by atoms with Crippen LogP contribution < -0.4 is 0 Å². The van der Waals surface area contributed by atoms with Crippen molar-refractivity contribution in [2.75, 3.05) is 17.3 Å². The predicted molar refractivity (Wildman–Crippen MR) is 44.5 cm³/mol. The van der Waals surface area contributed by atoms with E-state index in [4.69, 9.17) is 0 Å². The maximum Gasteiger partial charge on any atom is 0.120 e. The summed E-state index contributed by atoms with van der Waals surface area (Å²) in [6.07, 6.45) is 2.99. The zero-order valence-electron chi connectivity index (χ0n) is 5.35. The number of rotatable bonds is 2. The van der Waals surface area contributed by atoms with Gasteiger partial charge in [0.2, 0.25) is 0 Å². The topological polar surface area (TPSA) is 0 Å². The zero-order chi connectivity index (χ0) is 5.82. The summed E-state index contributed by atoms with van der Waals surface area (Å²) < 4.78 is 0. The first-order chi connectivity index (χ1) is 3.93. The van der Waals surface area contributed by atoms with Crippen molar-refractivity contribution in [1.29, 1.82) is 0 Å². The third-order valence-electron chi connectivity index (χ3n) is 1.28. The van der Waals surface area contributed by atoms with Crippen molar-refractivity contribution < 1.29 is 0 Å². The highest BCUT2D eigenvalue weighted by Crippen LogP contribution is 2.24. The van der Waals surface area contributed by atoms with Crippen LogP contribution >= 0.6 is 10.8 Å². The normalized spacial score (nSPS) is 22.1. The molecular formula is C6H13S2+. The standard InChI is InChI=1S/C6H13S2/c1-2-7-8-5-3-4-6-8/h2-6H2,1H3/q+1. The Kier molecular flexibility index (Phi) is 3.13. The molecule has 48 valence electrons. The Hall–Kier alpha value is 0.700. The first kappa shape index (κ1) is 6.81. The second-order valence-corrected chi connectivity index (χ2v) is 6.59. The van der Waals surface area contributed by atoms with E-state index < -0.39 is 0 Å². The van der Waals surface area contributed by atoms with Crippen LogP contribution in [0.25, 0.3) is 0 Å². The van der Waals surface area contributed by atoms with E-state index in [1.54, 1.807) is 0 Å². The van der Waals surface area contributed by atoms with E-state index in [1.165, 1.54) is 30.1 Å². The molecule has 1 aliphatic heterocycles. The lowest BCUT2D eigenvalue weighted by atomic mass is 10.4. The largest absolute Gasteiger partial charge is 0.120 e. The average Bonchev–Trinajstić information content (AvgIpc) is 2.19. The minimum absolute atomic E-state index is 0.789. The van der Waals surface area contributed by atoms with Gasteiger partial charge in [-0.15, -0.1) is 0 Å². The highest BCUT2D eigenvalue weighted by atomic mass is 33.1. The monoisotopic (exact) mass is 149 g/mol. The van der Waals surface area contributed by atoms with E-state index in [2.05, 4.69) is 17.7 Å². The summed E-state index contributed by atoms with van der Waals surface area (Å²) in [6.45, 7) is 2.26. The Morgan fingerprint density at radius 3 is 2.50 bits per heavy atom. The van der Waals surface area contributed by atoms with Crippen LogP contribution in [0.15, 0.2) is 0 Å². The third-order valence-corrected chi connectivity index (χ3v) is 6.04. The smallest absolute Gasteiger partial charge is 0.0517 e. The molecule has 0 radical (unpaired) electrons. The van der Waals surface area contributed by atoms with Crippen LogP contribution in [0.5, 0.6) is 0 Å². The van der Waals surface area contributed by atoms with Gasteiger partial charge in [-0.1, -0.05) is 6.92 Å². The first-order valence-corrected chi connectivity index (χ1v) is 6.31. The van der Waals surface area contributed by atoms with E-state index in [0.29, 0.717) is 0 Å². The summed E-state index contributed by atoms with van der Waals surface area (Å²) in [5.41, 5.74) is 0. The summed E-state index contributed by atoms with van der Waals surface area (Å²) in [4.78, 5) is 0. The molecule has 0 amide bonds. The Morgan fingerprint density at radius 2 is 2.00 bits per heavy atom. The molecule has 1 saturated heterocycles. The quantitative estimate of drug-likeness (QED) is 0.428. The van der Waals surface area contributed by atoms with Crippen LogP contribution in [0.3, 0.4) is 0 Å². The first-order valence-electron chi connectivity index (χ1n) is 3.24. The van der Waals surface area contributed by atoms with Crippen LogP contribution in [0.2, 0.25) is 0 Å². The zero-order valence-corrected chi connectivity index (χ0v) is 6.99. The third kappa shape index (κ3) is 1.90. The van der Waals surface area contributed by atoms with Crippen LogP contribution in [0.1, 0.15) is 19.8 Å². The lowest BCUT2D eigenvalue weighted by molar-refractivity contribution is 0.949. The Balaban J connectivity index is 2.06. The van der Waals surface area contributed by atoms with E-state index in [0.717, 1.165) is 9.93 Å². The summed E-state index contributed by atoms with van der Waals surface area (Å²) in [5, 5.41) is 0. The van der Waals surface area contributed by atoms with Gasteiger partial charge in [0.1, 0.15) is 11.5 Å². The van der Waals surface area contributed by atoms with Crippen molar-refractivity contribution in [3.63, 3.8) is 0 Å². The molecule has 1 fully saturated rings. The van der Waals surface area contributed by atoms with Gasteiger partial charge in [0, 0.05) is 5.75 Å². The van der Waals surface area contributed by atoms with E-state index in [1.807, 2.05) is 0 Å². The molecule has 0 aromatic rings. The average molecular weight is 149 g/mol. The van der Waals surface area contributed by atoms with Gasteiger partial charge in [0.25, 0.3) is 0 Å². The molecule has 0 saturated carbocycles. The molecule has 0 atom stereocenters. The van der Waals surface area contributed by atoms with Gasteiger partial charge in [-0.3, -0.25) is 0 Å². The fourth-order valence-electron chi connectivity index (χ4n) is 0.913. The van der Waals surface area contributed by atoms with Crippen molar-refractivity contribution in [2.24, 2.45) is 0 Å². The molecule has 0 aromatic heterocycles. The molecule has 1 heterocycles. The fourth-order valence-corrected chi connectivity index (χ4v) is 5.15. The molecule has 0 N–H and O–H groups in total. The molecule has 0 bridgehead atoms. The van der Waals surface area contributed by atoms with Crippen LogP contribution in [-0.2, 0) is 9.93 Å². The maximum absolute atomic E-state index is 2.26. The van der Waals surface area contributed by atoms with Gasteiger partial charge in [-0.05, 0) is 12.8 Å². The minimum Gasteiger partial charge on any atom is -0.0517 e. The molecule has 0 spiro atoms. The summed E-state index contributed by atoms with van der Waals surface area (Å²) in [5.74, 6) is 4.35. The van der Waals surface area contributed by atoms with Gasteiger partial charge in [-0.25, -0.2) is 0 Å². The fraction of sp³-hybridized carbons (Fsp3) is 1.00. The lowest BCUT2D eigenvalue weighted by Gasteiger charge is -1.91. The molecule has 2 heteroatoms. The Morgan fingerprint density at radius 1 is 1.38 bits per heavy atom. The van der Waals surface area contributed by atoms with E-state index >= 15 is 0 Å². The van der Waals surface area contributed by atoms with Crippen LogP contribution in [-0.4, -0.2) is 17.3 Å². The van der Waals surface area contributed by atoms with Crippen LogP contribution in [0, 0.1) is 0 Å². The highest BCUT2D eigenvalue weighted by molar-refractivity contribution is 8.74. The molecule has 0 unspecified atom stereocenters. The van der Waals surface area contributed by atoms with E-state index in [-0.39, 0.29) is 0 Å². The van der Waals surface area contributed by atoms with Crippen molar-refractivity contribution in [2.45, 2.75) is 19.8 Å². The SMILES string of the molecule is CCS[S+]1CCCC1. The lowest BCUT2D eigenvalue weighted by Crippen LogP contribution is -1.95. The van der Waals surface area contributed by atoms with Crippen LogP contribution in [0.4, 0.5) is 0 Å². The molecular weight excluding hydrogens is 136 g/mol. The van der Waals surface area contributed by atoms with Crippen molar-refractivity contribution in [3.05, 3.63) is 0 Å². The van der Waals surface area contributed by atoms with Crippen molar-refractivity contribution in [1.82, 2.24) is 0 Å². The Labute approximate surface area is 58.2 Å². The number of hydrogen-bond acceptors (Lipinski definition) is 1. The van der Waals surface area contributed by atoms with Crippen molar-refractivity contribution >= 4 is 20.7 Å².